The predicted molar refractivity (Wildman–Crippen MR) is 126 cm³/mol. The third-order valence-electron chi connectivity index (χ3n) is 6.97. The monoisotopic (exact) mass is 491 g/mol. The number of likely N-dealkylation sites (tertiary alicyclic amines) is 1. The van der Waals surface area contributed by atoms with Gasteiger partial charge in [0.15, 0.2) is 0 Å². The van der Waals surface area contributed by atoms with Crippen LogP contribution in [-0.2, 0) is 24.4 Å². The number of nitrogens with zero attached hydrogens (tertiary/aromatic N) is 2. The van der Waals surface area contributed by atoms with Gasteiger partial charge in [-0.05, 0) is 50.8 Å². The Morgan fingerprint density at radius 2 is 1.68 bits per heavy atom. The molecule has 1 aromatic carbocycles. The highest BCUT2D eigenvalue weighted by Gasteiger charge is 2.47. The minimum Gasteiger partial charge on any atom is -0.492 e. The number of imide groups is 1. The molecule has 1 aliphatic carbocycles. The van der Waals surface area contributed by atoms with Crippen LogP contribution in [0.25, 0.3) is 0 Å². The molecule has 0 radical (unpaired) electrons. The maximum absolute atomic E-state index is 13.1. The zero-order valence-corrected chi connectivity index (χ0v) is 20.4. The second kappa shape index (κ2) is 10.4. The molecule has 0 spiro atoms. The summed E-state index contributed by atoms with van der Waals surface area (Å²) in [5.74, 6) is -0.882. The Morgan fingerprint density at radius 1 is 1.03 bits per heavy atom. The molecule has 9 nitrogen and oxygen atoms in total. The Labute approximate surface area is 200 Å². The fourth-order valence-electron chi connectivity index (χ4n) is 5.18. The summed E-state index contributed by atoms with van der Waals surface area (Å²) >= 11 is 0. The van der Waals surface area contributed by atoms with Crippen LogP contribution in [0.2, 0.25) is 0 Å². The molecular weight excluding hydrogens is 458 g/mol. The van der Waals surface area contributed by atoms with Gasteiger partial charge in [-0.15, -0.1) is 0 Å². The van der Waals surface area contributed by atoms with Crippen molar-refractivity contribution in [3.63, 3.8) is 0 Å². The number of rotatable bonds is 8. The van der Waals surface area contributed by atoms with Gasteiger partial charge in [0.1, 0.15) is 5.75 Å². The fraction of sp³-hybridized carbons (Fsp3) is 0.625. The molecule has 2 aliphatic heterocycles. The summed E-state index contributed by atoms with van der Waals surface area (Å²) in [5.41, 5.74) is 0.262. The zero-order valence-electron chi connectivity index (χ0n) is 19.6. The van der Waals surface area contributed by atoms with E-state index in [1.54, 1.807) is 13.0 Å². The van der Waals surface area contributed by atoms with E-state index in [1.807, 2.05) is 0 Å². The maximum Gasteiger partial charge on any atom is 0.243 e. The normalized spacial score (nSPS) is 23.6. The van der Waals surface area contributed by atoms with Gasteiger partial charge in [-0.3, -0.25) is 19.3 Å². The maximum atomic E-state index is 13.1. The Kier molecular flexibility index (Phi) is 7.57. The summed E-state index contributed by atoms with van der Waals surface area (Å²) in [5, 5.41) is 2.73. The average Bonchev–Trinajstić information content (AvgIpc) is 3.09. The quantitative estimate of drug-likeness (QED) is 0.560. The summed E-state index contributed by atoms with van der Waals surface area (Å²) in [7, 11) is -3.68. The van der Waals surface area contributed by atoms with E-state index in [4.69, 9.17) is 4.74 Å². The van der Waals surface area contributed by atoms with E-state index in [0.29, 0.717) is 25.4 Å². The number of amides is 3. The van der Waals surface area contributed by atoms with Crippen LogP contribution in [0, 0.1) is 11.8 Å². The van der Waals surface area contributed by atoms with Crippen molar-refractivity contribution < 1.29 is 27.5 Å². The number of nitrogens with one attached hydrogen (secondary N) is 1. The van der Waals surface area contributed by atoms with Crippen molar-refractivity contribution in [1.82, 2.24) is 9.21 Å². The van der Waals surface area contributed by atoms with Crippen LogP contribution >= 0.6 is 0 Å². The molecule has 2 saturated heterocycles. The van der Waals surface area contributed by atoms with Crippen molar-refractivity contribution in [2.24, 2.45) is 11.8 Å². The Morgan fingerprint density at radius 3 is 2.29 bits per heavy atom. The Balaban J connectivity index is 1.45. The second-order valence-electron chi connectivity index (χ2n) is 9.18. The van der Waals surface area contributed by atoms with Gasteiger partial charge in [-0.25, -0.2) is 8.42 Å². The molecule has 1 saturated carbocycles. The molecule has 34 heavy (non-hydrogen) atoms. The lowest BCUT2D eigenvalue weighted by Gasteiger charge is -2.26. The van der Waals surface area contributed by atoms with E-state index in [9.17, 15) is 22.8 Å². The highest BCUT2D eigenvalue weighted by Crippen LogP contribution is 2.38. The van der Waals surface area contributed by atoms with Gasteiger partial charge in [-0.2, -0.15) is 4.31 Å². The van der Waals surface area contributed by atoms with E-state index in [0.717, 1.165) is 44.9 Å². The lowest BCUT2D eigenvalue weighted by atomic mass is 9.81. The third kappa shape index (κ3) is 4.98. The Bertz CT molecular complexity index is 1030. The molecule has 2 unspecified atom stereocenters. The van der Waals surface area contributed by atoms with Gasteiger partial charge >= 0.3 is 0 Å². The molecule has 0 aromatic heterocycles. The summed E-state index contributed by atoms with van der Waals surface area (Å²) in [4.78, 5) is 39.4. The van der Waals surface area contributed by atoms with E-state index < -0.39 is 15.9 Å². The lowest BCUT2D eigenvalue weighted by molar-refractivity contribution is -0.140. The van der Waals surface area contributed by atoms with Crippen LogP contribution in [0.15, 0.2) is 23.1 Å². The first-order valence-corrected chi connectivity index (χ1v) is 13.7. The van der Waals surface area contributed by atoms with Gasteiger partial charge in [0, 0.05) is 26.1 Å². The molecule has 3 fully saturated rings. The number of piperidine rings is 1. The van der Waals surface area contributed by atoms with Crippen molar-refractivity contribution in [2.75, 3.05) is 31.6 Å². The number of fused-ring (bicyclic) bond motifs is 1. The first-order valence-electron chi connectivity index (χ1n) is 12.2. The number of carbonyl (C=O) groups excluding carboxylic acids is 3. The SMILES string of the molecule is CCOc1ccc(S(=O)(=O)N2CCCCC2)cc1NC(=O)CCN1C(=O)C2CCCCC2C1=O. The van der Waals surface area contributed by atoms with Crippen LogP contribution < -0.4 is 10.1 Å². The van der Waals surface area contributed by atoms with Gasteiger partial charge in [-0.1, -0.05) is 19.3 Å². The summed E-state index contributed by atoms with van der Waals surface area (Å²) in [6.45, 7) is 3.13. The number of hydrogen-bond donors (Lipinski definition) is 1. The number of benzene rings is 1. The third-order valence-corrected chi connectivity index (χ3v) is 8.87. The zero-order chi connectivity index (χ0) is 24.3. The molecule has 3 aliphatic rings. The molecule has 1 aromatic rings. The molecule has 186 valence electrons. The highest BCUT2D eigenvalue weighted by atomic mass is 32.2. The number of sulfonamides is 1. The topological polar surface area (TPSA) is 113 Å². The van der Waals surface area contributed by atoms with Crippen LogP contribution in [0.3, 0.4) is 0 Å². The summed E-state index contributed by atoms with van der Waals surface area (Å²) in [6.07, 6.45) is 5.97. The smallest absolute Gasteiger partial charge is 0.243 e. The molecule has 2 heterocycles. The minimum absolute atomic E-state index is 0.0201. The number of hydrogen-bond acceptors (Lipinski definition) is 6. The standard InChI is InChI=1S/C24H33N3O6S/c1-2-33-21-11-10-17(34(31,32)26-13-6-3-7-14-26)16-20(21)25-22(28)12-15-27-23(29)18-8-4-5-9-19(18)24(27)30/h10-11,16,18-19H,2-9,12-15H2,1H3,(H,25,28). The van der Waals surface area contributed by atoms with Crippen LogP contribution in [-0.4, -0.2) is 61.6 Å². The molecule has 0 bridgehead atoms. The fourth-order valence-corrected chi connectivity index (χ4v) is 6.72. The van der Waals surface area contributed by atoms with E-state index in [-0.39, 0.29) is 47.2 Å². The average molecular weight is 492 g/mol. The molecule has 4 rings (SSSR count). The molecule has 10 heteroatoms. The molecular formula is C24H33N3O6S. The van der Waals surface area contributed by atoms with Gasteiger partial charge < -0.3 is 10.1 Å². The Hall–Kier alpha value is -2.46. The second-order valence-corrected chi connectivity index (χ2v) is 11.1. The van der Waals surface area contributed by atoms with Gasteiger partial charge in [0.2, 0.25) is 27.7 Å². The van der Waals surface area contributed by atoms with E-state index in [2.05, 4.69) is 5.32 Å². The molecule has 3 amide bonds. The number of ether oxygens (including phenoxy) is 1. The van der Waals surface area contributed by atoms with Crippen LogP contribution in [0.5, 0.6) is 5.75 Å². The van der Waals surface area contributed by atoms with Crippen LogP contribution in [0.4, 0.5) is 5.69 Å². The minimum atomic E-state index is -3.68. The first kappa shape index (κ1) is 24.7. The van der Waals surface area contributed by atoms with Gasteiger partial charge in [0.05, 0.1) is 29.0 Å². The van der Waals surface area contributed by atoms with Crippen molar-refractivity contribution in [2.45, 2.75) is 63.2 Å². The van der Waals surface area contributed by atoms with Crippen molar-refractivity contribution in [3.05, 3.63) is 18.2 Å². The largest absolute Gasteiger partial charge is 0.492 e. The lowest BCUT2D eigenvalue weighted by Crippen LogP contribution is -2.35. The number of anilines is 1. The summed E-state index contributed by atoms with van der Waals surface area (Å²) < 4.78 is 33.2. The van der Waals surface area contributed by atoms with Crippen molar-refractivity contribution in [1.29, 1.82) is 0 Å². The van der Waals surface area contributed by atoms with Crippen molar-refractivity contribution >= 4 is 33.4 Å². The predicted octanol–water partition coefficient (Wildman–Crippen LogP) is 2.76. The highest BCUT2D eigenvalue weighted by molar-refractivity contribution is 7.89. The first-order chi connectivity index (χ1) is 16.3. The number of carbonyl (C=O) groups is 3. The molecule has 1 N–H and O–H groups in total. The van der Waals surface area contributed by atoms with E-state index in [1.165, 1.54) is 21.3 Å². The molecule has 2 atom stereocenters. The van der Waals surface area contributed by atoms with E-state index >= 15 is 0 Å². The summed E-state index contributed by atoms with van der Waals surface area (Å²) in [6, 6.07) is 4.47. The van der Waals surface area contributed by atoms with Crippen molar-refractivity contribution in [3.8, 4) is 5.75 Å². The van der Waals surface area contributed by atoms with Crippen LogP contribution in [0.1, 0.15) is 58.3 Å². The van der Waals surface area contributed by atoms with Gasteiger partial charge in [0.25, 0.3) is 0 Å².